The molecule has 0 radical (unpaired) electrons. The SMILES string of the molecule is CCN(CC)C(=O)C1CCC(S(O)(O)NCC(O)CC(Cc2ccccc2)C(=O)NC2C(O)CC3CCCCC32)CC1. The van der Waals surface area contributed by atoms with E-state index in [-0.39, 0.29) is 42.0 Å². The molecule has 42 heavy (non-hydrogen) atoms. The standard InChI is InChI=1S/C32H53N3O6S/c1-3-35(4-2)32(39)23-14-16-27(17-15-23)42(40,41)33-21-26(36)19-25(18-22-10-6-5-7-11-22)31(38)34-30-28-13-9-8-12-24(28)20-29(30)37/h5-7,10-11,23-30,33,36-37,40-41H,3-4,8-9,12-21H2,1-2H3,(H,34,38). The van der Waals surface area contributed by atoms with Crippen LogP contribution in [0.25, 0.3) is 0 Å². The molecule has 10 heteroatoms. The molecular formula is C32H53N3O6S. The van der Waals surface area contributed by atoms with Gasteiger partial charge in [0.05, 0.1) is 23.5 Å². The van der Waals surface area contributed by atoms with E-state index in [1.54, 1.807) is 0 Å². The topological polar surface area (TPSA) is 142 Å². The molecule has 0 aliphatic heterocycles. The van der Waals surface area contributed by atoms with E-state index in [1.807, 2.05) is 49.1 Å². The van der Waals surface area contributed by atoms with Gasteiger partial charge in [0, 0.05) is 31.5 Å². The van der Waals surface area contributed by atoms with Gasteiger partial charge in [-0.05, 0) is 82.6 Å². The second kappa shape index (κ2) is 15.3. The van der Waals surface area contributed by atoms with Gasteiger partial charge in [-0.25, -0.2) is 4.72 Å². The number of hydrogen-bond donors (Lipinski definition) is 6. The maximum Gasteiger partial charge on any atom is 0.225 e. The smallest absolute Gasteiger partial charge is 0.225 e. The number of carbonyl (C=O) groups is 2. The minimum Gasteiger partial charge on any atom is -0.392 e. The fourth-order valence-corrected chi connectivity index (χ4v) is 9.19. The number of carbonyl (C=O) groups excluding carboxylic acids is 2. The Morgan fingerprint density at radius 2 is 1.67 bits per heavy atom. The van der Waals surface area contributed by atoms with Crippen LogP contribution in [-0.2, 0) is 16.0 Å². The summed E-state index contributed by atoms with van der Waals surface area (Å²) in [5.41, 5.74) is 0.987. The number of benzene rings is 1. The number of fused-ring (bicyclic) bond motifs is 1. The van der Waals surface area contributed by atoms with Crippen LogP contribution in [0.2, 0.25) is 0 Å². The summed E-state index contributed by atoms with van der Waals surface area (Å²) in [4.78, 5) is 28.2. The highest BCUT2D eigenvalue weighted by Gasteiger charge is 2.44. The van der Waals surface area contributed by atoms with E-state index in [9.17, 15) is 28.9 Å². The number of hydrogen-bond acceptors (Lipinski definition) is 7. The van der Waals surface area contributed by atoms with E-state index >= 15 is 0 Å². The number of aliphatic hydroxyl groups is 2. The molecule has 6 unspecified atom stereocenters. The van der Waals surface area contributed by atoms with Crippen molar-refractivity contribution in [1.29, 1.82) is 0 Å². The third-order valence-electron chi connectivity index (χ3n) is 10.0. The van der Waals surface area contributed by atoms with Crippen LogP contribution in [0.3, 0.4) is 0 Å². The monoisotopic (exact) mass is 607 g/mol. The minimum atomic E-state index is -3.18. The molecule has 6 N–H and O–H groups in total. The van der Waals surface area contributed by atoms with E-state index in [4.69, 9.17) is 0 Å². The summed E-state index contributed by atoms with van der Waals surface area (Å²) >= 11 is 0. The van der Waals surface area contributed by atoms with Crippen molar-refractivity contribution in [2.45, 2.75) is 108 Å². The molecule has 0 spiro atoms. The number of amides is 2. The molecule has 1 aromatic carbocycles. The van der Waals surface area contributed by atoms with Crippen LogP contribution >= 0.6 is 10.8 Å². The predicted molar refractivity (Wildman–Crippen MR) is 167 cm³/mol. The normalized spacial score (nSPS) is 29.8. The lowest BCUT2D eigenvalue weighted by atomic mass is 9.80. The first-order valence-corrected chi connectivity index (χ1v) is 17.7. The van der Waals surface area contributed by atoms with Gasteiger partial charge in [0.1, 0.15) is 0 Å². The Kier molecular flexibility index (Phi) is 12.1. The van der Waals surface area contributed by atoms with Crippen LogP contribution in [0.5, 0.6) is 0 Å². The number of aliphatic hydroxyl groups excluding tert-OH is 2. The summed E-state index contributed by atoms with van der Waals surface area (Å²) in [6, 6.07) is 9.44. The third kappa shape index (κ3) is 8.48. The Hall–Kier alpha value is -1.69. The minimum absolute atomic E-state index is 0.0457. The molecule has 3 aliphatic carbocycles. The first-order chi connectivity index (χ1) is 20.1. The third-order valence-corrected chi connectivity index (χ3v) is 12.0. The van der Waals surface area contributed by atoms with Crippen molar-refractivity contribution >= 4 is 22.6 Å². The lowest BCUT2D eigenvalue weighted by Crippen LogP contribution is -2.48. The lowest BCUT2D eigenvalue weighted by molar-refractivity contribution is -0.136. The number of nitrogens with one attached hydrogen (secondary N) is 2. The second-order valence-electron chi connectivity index (χ2n) is 12.7. The van der Waals surface area contributed by atoms with E-state index in [2.05, 4.69) is 10.0 Å². The zero-order valence-electron chi connectivity index (χ0n) is 25.4. The Bertz CT molecular complexity index is 1000. The van der Waals surface area contributed by atoms with Crippen molar-refractivity contribution < 1.29 is 28.9 Å². The molecule has 0 bridgehead atoms. The van der Waals surface area contributed by atoms with Gasteiger partial charge in [-0.2, -0.15) is 0 Å². The Morgan fingerprint density at radius 1 is 1.00 bits per heavy atom. The number of rotatable bonds is 13. The Balaban J connectivity index is 1.32. The van der Waals surface area contributed by atoms with Crippen molar-refractivity contribution in [3.63, 3.8) is 0 Å². The van der Waals surface area contributed by atoms with Gasteiger partial charge >= 0.3 is 0 Å². The van der Waals surface area contributed by atoms with E-state index in [1.165, 1.54) is 6.42 Å². The zero-order valence-corrected chi connectivity index (χ0v) is 26.2. The van der Waals surface area contributed by atoms with Gasteiger partial charge in [0.2, 0.25) is 11.8 Å². The van der Waals surface area contributed by atoms with Crippen molar-refractivity contribution in [1.82, 2.24) is 14.9 Å². The van der Waals surface area contributed by atoms with Gasteiger partial charge in [-0.15, -0.1) is 10.8 Å². The molecule has 4 rings (SSSR count). The van der Waals surface area contributed by atoms with Gasteiger partial charge in [-0.1, -0.05) is 49.6 Å². The zero-order chi connectivity index (χ0) is 30.3. The Labute approximate surface area is 253 Å². The molecule has 6 atom stereocenters. The molecule has 1 aromatic rings. The first kappa shape index (κ1) is 33.2. The molecule has 9 nitrogen and oxygen atoms in total. The van der Waals surface area contributed by atoms with Gasteiger partial charge < -0.3 is 20.4 Å². The average Bonchev–Trinajstić information content (AvgIpc) is 3.31. The maximum absolute atomic E-state index is 13.6. The van der Waals surface area contributed by atoms with Crippen LogP contribution in [0.1, 0.15) is 83.6 Å². The molecule has 0 heterocycles. The van der Waals surface area contributed by atoms with Crippen LogP contribution in [0.15, 0.2) is 30.3 Å². The highest BCUT2D eigenvalue weighted by Crippen LogP contribution is 2.48. The van der Waals surface area contributed by atoms with E-state index in [0.717, 1.165) is 31.2 Å². The van der Waals surface area contributed by atoms with Crippen LogP contribution in [0.4, 0.5) is 0 Å². The highest BCUT2D eigenvalue weighted by atomic mass is 32.3. The van der Waals surface area contributed by atoms with Gasteiger partial charge in [0.25, 0.3) is 0 Å². The predicted octanol–water partition coefficient (Wildman–Crippen LogP) is 4.33. The fourth-order valence-electron chi connectivity index (χ4n) is 7.59. The molecule has 2 amide bonds. The average molecular weight is 608 g/mol. The fraction of sp³-hybridized carbons (Fsp3) is 0.750. The van der Waals surface area contributed by atoms with Crippen molar-refractivity contribution in [3.05, 3.63) is 35.9 Å². The summed E-state index contributed by atoms with van der Waals surface area (Å²) in [6.45, 7) is 5.25. The molecular weight excluding hydrogens is 554 g/mol. The molecule has 3 saturated carbocycles. The van der Waals surface area contributed by atoms with Crippen LogP contribution < -0.4 is 10.0 Å². The molecule has 3 aliphatic rings. The highest BCUT2D eigenvalue weighted by molar-refractivity contribution is 8.23. The number of nitrogens with zero attached hydrogens (tertiary/aromatic N) is 1. The van der Waals surface area contributed by atoms with Gasteiger partial charge in [-0.3, -0.25) is 18.7 Å². The van der Waals surface area contributed by atoms with Crippen molar-refractivity contribution in [2.24, 2.45) is 23.7 Å². The van der Waals surface area contributed by atoms with Crippen LogP contribution in [-0.4, -0.2) is 79.2 Å². The largest absolute Gasteiger partial charge is 0.392 e. The molecule has 238 valence electrons. The van der Waals surface area contributed by atoms with E-state index < -0.39 is 28.9 Å². The lowest BCUT2D eigenvalue weighted by Gasteiger charge is -2.44. The summed E-state index contributed by atoms with van der Waals surface area (Å²) < 4.78 is 24.7. The van der Waals surface area contributed by atoms with Crippen LogP contribution in [0, 0.1) is 23.7 Å². The van der Waals surface area contributed by atoms with Gasteiger partial charge in [0.15, 0.2) is 0 Å². The van der Waals surface area contributed by atoms with E-state index in [0.29, 0.717) is 57.0 Å². The maximum atomic E-state index is 13.6. The quantitative estimate of drug-likeness (QED) is 0.196. The summed E-state index contributed by atoms with van der Waals surface area (Å²) in [5.74, 6) is 0.120. The molecule has 0 saturated heterocycles. The molecule has 3 fully saturated rings. The second-order valence-corrected chi connectivity index (χ2v) is 14.9. The Morgan fingerprint density at radius 3 is 2.33 bits per heavy atom. The summed E-state index contributed by atoms with van der Waals surface area (Å²) in [7, 11) is -3.18. The summed E-state index contributed by atoms with van der Waals surface area (Å²) in [6.07, 6.45) is 6.56. The van der Waals surface area contributed by atoms with Crippen molar-refractivity contribution in [3.8, 4) is 0 Å². The first-order valence-electron chi connectivity index (χ1n) is 16.1. The van der Waals surface area contributed by atoms with Crippen molar-refractivity contribution in [2.75, 3.05) is 19.6 Å². The summed E-state index contributed by atoms with van der Waals surface area (Å²) in [5, 5.41) is 24.5. The molecule has 0 aromatic heterocycles.